The van der Waals surface area contributed by atoms with E-state index in [0.29, 0.717) is 35.5 Å². The number of rotatable bonds is 5. The van der Waals surface area contributed by atoms with Gasteiger partial charge in [0.25, 0.3) is 11.5 Å². The van der Waals surface area contributed by atoms with E-state index >= 15 is 0 Å². The smallest absolute Gasteiger partial charge is 0.328 e. The van der Waals surface area contributed by atoms with E-state index in [1.165, 1.54) is 35.2 Å². The number of nitrogens with zero attached hydrogens (tertiary/aromatic N) is 4. The summed E-state index contributed by atoms with van der Waals surface area (Å²) in [6.45, 7) is 6.97. The lowest BCUT2D eigenvalue weighted by molar-refractivity contribution is 0.0953. The molecule has 4 heterocycles. The highest BCUT2D eigenvalue weighted by Gasteiger charge is 2.26. The number of halogens is 1. The molecule has 2 N–H and O–H groups in total. The van der Waals surface area contributed by atoms with Crippen LogP contribution in [-0.4, -0.2) is 58.1 Å². The summed E-state index contributed by atoms with van der Waals surface area (Å²) in [6, 6.07) is 3.32. The molecule has 3 aromatic rings. The van der Waals surface area contributed by atoms with E-state index in [1.54, 1.807) is 6.92 Å². The van der Waals surface area contributed by atoms with Crippen LogP contribution in [-0.2, 0) is 13.1 Å². The number of carbonyl (C=O) groups excluding carboxylic acids is 1. The number of aromatic amines is 1. The van der Waals surface area contributed by atoms with Crippen molar-refractivity contribution in [3.63, 3.8) is 0 Å². The summed E-state index contributed by atoms with van der Waals surface area (Å²) in [7, 11) is 1.44. The Morgan fingerprint density at radius 2 is 2.12 bits per heavy atom. The monoisotopic (exact) mass is 460 g/mol. The number of hydrogen-bond acceptors (Lipinski definition) is 7. The third-order valence-electron chi connectivity index (χ3n) is 5.72. The maximum atomic E-state index is 14.3. The fraction of sp³-hybridized carbons (Fsp3) is 0.429. The van der Waals surface area contributed by atoms with Gasteiger partial charge in [-0.1, -0.05) is 0 Å². The van der Waals surface area contributed by atoms with E-state index in [4.69, 9.17) is 0 Å². The van der Waals surface area contributed by atoms with Gasteiger partial charge in [-0.15, -0.1) is 11.3 Å². The number of nitrogens with one attached hydrogen (secondary N) is 2. The third-order valence-corrected chi connectivity index (χ3v) is 6.82. The Hall–Kier alpha value is -3.05. The highest BCUT2D eigenvalue weighted by Crippen LogP contribution is 2.25. The summed E-state index contributed by atoms with van der Waals surface area (Å²) in [5, 5.41) is 2.38. The lowest BCUT2D eigenvalue weighted by atomic mass is 10.1. The molecule has 11 heteroatoms. The minimum Gasteiger partial charge on any atom is -0.365 e. The fourth-order valence-electron chi connectivity index (χ4n) is 4.11. The first-order valence-electron chi connectivity index (χ1n) is 10.4. The number of carbonyl (C=O) groups is 1. The summed E-state index contributed by atoms with van der Waals surface area (Å²) >= 11 is 1.41. The number of pyridine rings is 1. The van der Waals surface area contributed by atoms with Crippen LogP contribution in [0.4, 0.5) is 10.1 Å². The molecule has 1 fully saturated rings. The topological polar surface area (TPSA) is 103 Å². The van der Waals surface area contributed by atoms with Gasteiger partial charge in [-0.25, -0.2) is 14.2 Å². The quantitative estimate of drug-likeness (QED) is 0.596. The van der Waals surface area contributed by atoms with Crippen molar-refractivity contribution in [1.82, 2.24) is 24.8 Å². The van der Waals surface area contributed by atoms with Gasteiger partial charge in [0, 0.05) is 56.8 Å². The average Bonchev–Trinajstić information content (AvgIpc) is 3.16. The molecule has 0 aromatic carbocycles. The van der Waals surface area contributed by atoms with Gasteiger partial charge in [-0.2, -0.15) is 0 Å². The third kappa shape index (κ3) is 4.05. The molecule has 1 aliphatic heterocycles. The number of hydrogen-bond donors (Lipinski definition) is 2. The standard InChI is InChI=1S/C21H25FN6O3S/c1-4-27-20(30)18-16(25-21(27)31)8-14(32-18)11-26-5-6-28(12(2)10-26)13-7-15(22)17(24-9-13)19(29)23-3/h7-9,12H,4-6,10-11H2,1-3H3,(H,23,29)(H,25,31). The second-order valence-corrected chi connectivity index (χ2v) is 8.95. The van der Waals surface area contributed by atoms with Crippen LogP contribution in [0.5, 0.6) is 0 Å². The van der Waals surface area contributed by atoms with Gasteiger partial charge in [-0.05, 0) is 19.9 Å². The second kappa shape index (κ2) is 8.83. The fourth-order valence-corrected chi connectivity index (χ4v) is 5.21. The predicted octanol–water partition coefficient (Wildman–Crippen LogP) is 1.38. The van der Waals surface area contributed by atoms with Crippen LogP contribution >= 0.6 is 11.3 Å². The van der Waals surface area contributed by atoms with Gasteiger partial charge in [0.15, 0.2) is 11.5 Å². The lowest BCUT2D eigenvalue weighted by Gasteiger charge is -2.41. The van der Waals surface area contributed by atoms with Crippen molar-refractivity contribution in [2.75, 3.05) is 31.6 Å². The van der Waals surface area contributed by atoms with Crippen molar-refractivity contribution < 1.29 is 9.18 Å². The van der Waals surface area contributed by atoms with Crippen LogP contribution in [0, 0.1) is 5.82 Å². The van der Waals surface area contributed by atoms with Crippen LogP contribution in [0.15, 0.2) is 27.9 Å². The summed E-state index contributed by atoms with van der Waals surface area (Å²) in [4.78, 5) is 48.4. The molecule has 9 nitrogen and oxygen atoms in total. The first kappa shape index (κ1) is 22.2. The molecular formula is C21H25FN6O3S. The molecule has 32 heavy (non-hydrogen) atoms. The Labute approximate surface area is 187 Å². The average molecular weight is 461 g/mol. The molecule has 3 aromatic heterocycles. The summed E-state index contributed by atoms with van der Waals surface area (Å²) in [6.07, 6.45) is 1.53. The van der Waals surface area contributed by atoms with Crippen molar-refractivity contribution in [2.24, 2.45) is 0 Å². The van der Waals surface area contributed by atoms with Crippen LogP contribution in [0.1, 0.15) is 29.2 Å². The first-order valence-corrected chi connectivity index (χ1v) is 11.3. The highest BCUT2D eigenvalue weighted by molar-refractivity contribution is 7.18. The van der Waals surface area contributed by atoms with Crippen molar-refractivity contribution in [2.45, 2.75) is 33.0 Å². The Balaban J connectivity index is 1.48. The van der Waals surface area contributed by atoms with E-state index in [9.17, 15) is 18.8 Å². The largest absolute Gasteiger partial charge is 0.365 e. The maximum absolute atomic E-state index is 14.3. The minimum absolute atomic E-state index is 0.0994. The number of piperazine rings is 1. The zero-order valence-electron chi connectivity index (χ0n) is 18.1. The summed E-state index contributed by atoms with van der Waals surface area (Å²) in [5.41, 5.74) is 0.360. The zero-order valence-corrected chi connectivity index (χ0v) is 19.0. The number of aromatic nitrogens is 3. The lowest BCUT2D eigenvalue weighted by Crippen LogP contribution is -2.51. The van der Waals surface area contributed by atoms with E-state index in [1.807, 2.05) is 6.07 Å². The van der Waals surface area contributed by atoms with Crippen LogP contribution in [0.25, 0.3) is 10.2 Å². The van der Waals surface area contributed by atoms with Crippen molar-refractivity contribution in [3.8, 4) is 0 Å². The molecule has 170 valence electrons. The molecule has 0 radical (unpaired) electrons. The van der Waals surface area contributed by atoms with Gasteiger partial charge < -0.3 is 15.2 Å². The van der Waals surface area contributed by atoms with E-state index in [-0.39, 0.29) is 23.0 Å². The molecule has 1 saturated heterocycles. The zero-order chi connectivity index (χ0) is 23.0. The van der Waals surface area contributed by atoms with Crippen LogP contribution in [0.2, 0.25) is 0 Å². The number of thiophene rings is 1. The van der Waals surface area contributed by atoms with Gasteiger partial charge in [-0.3, -0.25) is 19.1 Å². The Kier molecular flexibility index (Phi) is 6.11. The molecule has 0 bridgehead atoms. The maximum Gasteiger partial charge on any atom is 0.328 e. The number of amides is 1. The second-order valence-electron chi connectivity index (χ2n) is 7.82. The van der Waals surface area contributed by atoms with Gasteiger partial charge in [0.1, 0.15) is 4.70 Å². The van der Waals surface area contributed by atoms with Crippen molar-refractivity contribution >= 4 is 33.1 Å². The predicted molar refractivity (Wildman–Crippen MR) is 122 cm³/mol. The molecule has 0 saturated carbocycles. The molecule has 0 aliphatic carbocycles. The molecular weight excluding hydrogens is 435 g/mol. The van der Waals surface area contributed by atoms with Crippen molar-refractivity contribution in [1.29, 1.82) is 0 Å². The minimum atomic E-state index is -0.645. The molecule has 0 spiro atoms. The normalized spacial score (nSPS) is 17.1. The SMILES string of the molecule is CCn1c(=O)[nH]c2cc(CN3CCN(c4cnc(C(=O)NC)c(F)c4)C(C)C3)sc2c1=O. The van der Waals surface area contributed by atoms with Crippen molar-refractivity contribution in [3.05, 3.63) is 55.6 Å². The summed E-state index contributed by atoms with van der Waals surface area (Å²) < 4.78 is 16.1. The van der Waals surface area contributed by atoms with E-state index < -0.39 is 11.7 Å². The molecule has 4 rings (SSSR count). The van der Waals surface area contributed by atoms with Crippen LogP contribution in [0.3, 0.4) is 0 Å². The Bertz CT molecular complexity index is 1280. The molecule has 1 unspecified atom stereocenters. The Morgan fingerprint density at radius 1 is 1.34 bits per heavy atom. The van der Waals surface area contributed by atoms with Gasteiger partial charge in [0.2, 0.25) is 0 Å². The number of H-pyrrole nitrogens is 1. The number of fused-ring (bicyclic) bond motifs is 1. The highest BCUT2D eigenvalue weighted by atomic mass is 32.1. The van der Waals surface area contributed by atoms with E-state index in [0.717, 1.165) is 18.0 Å². The first-order chi connectivity index (χ1) is 15.3. The summed E-state index contributed by atoms with van der Waals surface area (Å²) in [5.74, 6) is -1.20. The van der Waals surface area contributed by atoms with Gasteiger partial charge in [0.05, 0.1) is 17.4 Å². The molecule has 1 atom stereocenters. The van der Waals surface area contributed by atoms with E-state index in [2.05, 4.69) is 32.0 Å². The molecule has 1 amide bonds. The molecule has 1 aliphatic rings. The Morgan fingerprint density at radius 3 is 2.78 bits per heavy atom. The van der Waals surface area contributed by atoms with Crippen LogP contribution < -0.4 is 21.5 Å². The number of anilines is 1. The van der Waals surface area contributed by atoms with Gasteiger partial charge >= 0.3 is 5.69 Å².